The third kappa shape index (κ3) is 2.38. The summed E-state index contributed by atoms with van der Waals surface area (Å²) in [5.74, 6) is 0. The van der Waals surface area contributed by atoms with Gasteiger partial charge in [-0.1, -0.05) is 0 Å². The predicted molar refractivity (Wildman–Crippen MR) is 65.2 cm³/mol. The van der Waals surface area contributed by atoms with Crippen molar-refractivity contribution in [2.24, 2.45) is 0 Å². The molecule has 0 saturated carbocycles. The van der Waals surface area contributed by atoms with Gasteiger partial charge in [-0.15, -0.1) is 0 Å². The van der Waals surface area contributed by atoms with Gasteiger partial charge in [0.25, 0.3) is 5.56 Å². The van der Waals surface area contributed by atoms with Crippen LogP contribution in [0.3, 0.4) is 0 Å². The van der Waals surface area contributed by atoms with Crippen LogP contribution in [0.1, 0.15) is 18.2 Å². The third-order valence-corrected chi connectivity index (χ3v) is 4.32. The van der Waals surface area contributed by atoms with Crippen molar-refractivity contribution in [1.82, 2.24) is 9.55 Å². The fourth-order valence-electron chi connectivity index (χ4n) is 2.30. The maximum atomic E-state index is 11.8. The first-order valence-corrected chi connectivity index (χ1v) is 7.48. The second-order valence-electron chi connectivity index (χ2n) is 4.75. The molecule has 2 N–H and O–H groups in total. The predicted octanol–water partition coefficient (Wildman–Crippen LogP) is -0.352. The molecule has 2 saturated heterocycles. The molecule has 0 spiro atoms. The number of hydrogen-bond acceptors (Lipinski definition) is 6. The molecule has 9 nitrogen and oxygen atoms in total. The summed E-state index contributed by atoms with van der Waals surface area (Å²) in [6, 6.07) is 0. The van der Waals surface area contributed by atoms with Crippen molar-refractivity contribution >= 4 is 7.82 Å². The summed E-state index contributed by atoms with van der Waals surface area (Å²) in [6.45, 7) is 1.49. The second kappa shape index (κ2) is 4.64. The number of H-pyrrole nitrogens is 1. The minimum Gasteiger partial charge on any atom is -0.349 e. The Morgan fingerprint density at radius 1 is 1.45 bits per heavy atom. The number of aryl methyl sites for hydroxylation is 1. The molecular weight excluding hydrogens is 291 g/mol. The summed E-state index contributed by atoms with van der Waals surface area (Å²) in [7, 11) is -4.03. The number of nitrogens with one attached hydrogen (secondary N) is 1. The van der Waals surface area contributed by atoms with Crippen LogP contribution in [-0.4, -0.2) is 33.3 Å². The van der Waals surface area contributed by atoms with E-state index in [9.17, 15) is 19.0 Å². The highest BCUT2D eigenvalue weighted by atomic mass is 31.2. The van der Waals surface area contributed by atoms with Gasteiger partial charge in [0.1, 0.15) is 18.4 Å². The minimum absolute atomic E-state index is 0.0774. The van der Waals surface area contributed by atoms with Gasteiger partial charge < -0.3 is 9.63 Å². The summed E-state index contributed by atoms with van der Waals surface area (Å²) in [5.41, 5.74) is -0.688. The van der Waals surface area contributed by atoms with Gasteiger partial charge in [-0.2, -0.15) is 0 Å². The van der Waals surface area contributed by atoms with Crippen molar-refractivity contribution in [3.8, 4) is 0 Å². The van der Waals surface area contributed by atoms with E-state index in [-0.39, 0.29) is 13.0 Å². The van der Waals surface area contributed by atoms with Crippen LogP contribution in [0, 0.1) is 6.92 Å². The maximum Gasteiger partial charge on any atom is 0.472 e. The zero-order valence-corrected chi connectivity index (χ0v) is 11.4. The average Bonchev–Trinajstić information content (AvgIpc) is 2.74. The Morgan fingerprint density at radius 2 is 2.20 bits per heavy atom. The molecule has 3 heterocycles. The molecular formula is C10H13N2O7P. The first-order valence-electron chi connectivity index (χ1n) is 5.99. The number of nitrogens with zero attached hydrogens (tertiary/aromatic N) is 1. The van der Waals surface area contributed by atoms with Crippen molar-refractivity contribution < 1.29 is 23.2 Å². The lowest BCUT2D eigenvalue weighted by Crippen LogP contribution is -2.34. The molecule has 110 valence electrons. The van der Waals surface area contributed by atoms with Gasteiger partial charge in [0.2, 0.25) is 0 Å². The lowest BCUT2D eigenvalue weighted by atomic mass is 10.2. The van der Waals surface area contributed by atoms with E-state index in [1.807, 2.05) is 0 Å². The Bertz CT molecular complexity index is 696. The number of ether oxygens (including phenoxy) is 1. The van der Waals surface area contributed by atoms with E-state index in [2.05, 4.69) is 9.51 Å². The van der Waals surface area contributed by atoms with Crippen LogP contribution in [0.2, 0.25) is 0 Å². The monoisotopic (exact) mass is 304 g/mol. The van der Waals surface area contributed by atoms with Crippen LogP contribution in [-0.2, 0) is 18.3 Å². The van der Waals surface area contributed by atoms with Crippen LogP contribution in [0.25, 0.3) is 0 Å². The van der Waals surface area contributed by atoms with E-state index in [1.165, 1.54) is 10.8 Å². The van der Waals surface area contributed by atoms with Crippen LogP contribution in [0.5, 0.6) is 0 Å². The van der Waals surface area contributed by atoms with Crippen molar-refractivity contribution in [2.45, 2.75) is 31.8 Å². The second-order valence-corrected chi connectivity index (χ2v) is 6.16. The van der Waals surface area contributed by atoms with Gasteiger partial charge in [-0.25, -0.2) is 9.36 Å². The lowest BCUT2D eigenvalue weighted by Gasteiger charge is -2.26. The topological polar surface area (TPSA) is 120 Å². The summed E-state index contributed by atoms with van der Waals surface area (Å²) in [5, 5.41) is 0. The van der Waals surface area contributed by atoms with Gasteiger partial charge >= 0.3 is 13.5 Å². The van der Waals surface area contributed by atoms with Gasteiger partial charge in [0, 0.05) is 18.2 Å². The summed E-state index contributed by atoms with van der Waals surface area (Å²) in [6.07, 6.45) is -0.196. The molecule has 4 atom stereocenters. The standard InChI is InChI=1S/C10H13N2O7P/c1-5-3-12(10(14)11-9(5)13)8-2-6-7(18-8)4-17-20(15,16)19-6/h3,6-8H,2,4H2,1H3,(H,15,16)(H,11,13,14)/t6-,7+,8+/m0/s1. The molecule has 10 heteroatoms. The largest absolute Gasteiger partial charge is 0.472 e. The highest BCUT2D eigenvalue weighted by Gasteiger charge is 2.46. The molecule has 2 fully saturated rings. The maximum absolute atomic E-state index is 11.8. The molecule has 0 amide bonds. The van der Waals surface area contributed by atoms with Crippen LogP contribution in [0.15, 0.2) is 15.8 Å². The first kappa shape index (κ1) is 13.7. The van der Waals surface area contributed by atoms with Gasteiger partial charge in [0.05, 0.1) is 6.61 Å². The SMILES string of the molecule is Cc1cn([C@H]2C[C@@H]3OP(=O)(O)OC[C@H]3O2)c(=O)[nH]c1=O. The molecule has 3 rings (SSSR count). The Hall–Kier alpha value is -1.25. The molecule has 2 aliphatic rings. The summed E-state index contributed by atoms with van der Waals surface area (Å²) in [4.78, 5) is 34.5. The van der Waals surface area contributed by atoms with E-state index in [1.54, 1.807) is 6.92 Å². The van der Waals surface area contributed by atoms with Crippen molar-refractivity contribution in [3.63, 3.8) is 0 Å². The number of phosphoric acid groups is 1. The minimum atomic E-state index is -4.03. The number of rotatable bonds is 1. The van der Waals surface area contributed by atoms with E-state index in [4.69, 9.17) is 9.26 Å². The van der Waals surface area contributed by atoms with Gasteiger partial charge in [-0.3, -0.25) is 23.4 Å². The Balaban J connectivity index is 1.88. The van der Waals surface area contributed by atoms with Crippen molar-refractivity contribution in [2.75, 3.05) is 6.61 Å². The lowest BCUT2D eigenvalue weighted by molar-refractivity contribution is -0.0680. The smallest absolute Gasteiger partial charge is 0.349 e. The highest BCUT2D eigenvalue weighted by molar-refractivity contribution is 7.47. The number of phosphoric ester groups is 1. The average molecular weight is 304 g/mol. The number of aromatic nitrogens is 2. The van der Waals surface area contributed by atoms with E-state index in [0.717, 1.165) is 0 Å². The Morgan fingerprint density at radius 3 is 2.95 bits per heavy atom. The number of hydrogen-bond donors (Lipinski definition) is 2. The molecule has 1 aromatic rings. The molecule has 0 radical (unpaired) electrons. The third-order valence-electron chi connectivity index (χ3n) is 3.31. The molecule has 0 aliphatic carbocycles. The van der Waals surface area contributed by atoms with Gasteiger partial charge in [-0.05, 0) is 6.92 Å². The Labute approximate surface area is 112 Å². The highest BCUT2D eigenvalue weighted by Crippen LogP contribution is 2.52. The molecule has 1 unspecified atom stereocenters. The van der Waals surface area contributed by atoms with E-state index in [0.29, 0.717) is 5.56 Å². The number of fused-ring (bicyclic) bond motifs is 1. The van der Waals surface area contributed by atoms with E-state index >= 15 is 0 Å². The van der Waals surface area contributed by atoms with Crippen LogP contribution >= 0.6 is 7.82 Å². The van der Waals surface area contributed by atoms with Crippen LogP contribution in [0.4, 0.5) is 0 Å². The van der Waals surface area contributed by atoms with E-state index < -0.39 is 37.5 Å². The quantitative estimate of drug-likeness (QED) is 0.680. The summed E-state index contributed by atoms with van der Waals surface area (Å²) >= 11 is 0. The fourth-order valence-corrected chi connectivity index (χ4v) is 3.26. The first-order chi connectivity index (χ1) is 9.35. The van der Waals surface area contributed by atoms with Crippen molar-refractivity contribution in [1.29, 1.82) is 0 Å². The normalized spacial score (nSPS) is 36.8. The Kier molecular flexibility index (Phi) is 3.19. The molecule has 1 aromatic heterocycles. The molecule has 0 bridgehead atoms. The zero-order chi connectivity index (χ0) is 14.5. The van der Waals surface area contributed by atoms with Crippen LogP contribution < -0.4 is 11.2 Å². The van der Waals surface area contributed by atoms with Gasteiger partial charge in [0.15, 0.2) is 0 Å². The zero-order valence-electron chi connectivity index (χ0n) is 10.5. The molecule has 20 heavy (non-hydrogen) atoms. The number of aromatic amines is 1. The summed E-state index contributed by atoms with van der Waals surface area (Å²) < 4.78 is 27.7. The molecule has 2 aliphatic heterocycles. The van der Waals surface area contributed by atoms with Crippen molar-refractivity contribution in [3.05, 3.63) is 32.6 Å². The fraction of sp³-hybridized carbons (Fsp3) is 0.600. The molecule has 0 aromatic carbocycles.